The molecule has 11 aromatic rings. The molecule has 11 rings (SSSR count). The molecule has 0 spiro atoms. The maximum absolute atomic E-state index is 14.1. The second kappa shape index (κ2) is 13.3. The first kappa shape index (κ1) is 32.7. The minimum atomic E-state index is -0.246. The zero-order chi connectivity index (χ0) is 37.9. The van der Waals surface area contributed by atoms with Crippen molar-refractivity contribution in [2.75, 3.05) is 0 Å². The Bertz CT molecular complexity index is 3290. The lowest BCUT2D eigenvalue weighted by Gasteiger charge is -2.12. The summed E-state index contributed by atoms with van der Waals surface area (Å²) < 4.78 is 18.6. The van der Waals surface area contributed by atoms with Crippen LogP contribution in [0.25, 0.3) is 100 Å². The summed E-state index contributed by atoms with van der Waals surface area (Å²) in [5, 5.41) is 4.44. The second-order valence-corrected chi connectivity index (χ2v) is 14.2. The van der Waals surface area contributed by atoms with E-state index in [1.54, 1.807) is 12.1 Å². The van der Waals surface area contributed by atoms with Gasteiger partial charge >= 0.3 is 0 Å². The van der Waals surface area contributed by atoms with E-state index in [-0.39, 0.29) is 5.82 Å². The highest BCUT2D eigenvalue weighted by molar-refractivity contribution is 6.19. The predicted molar refractivity (Wildman–Crippen MR) is 230 cm³/mol. The van der Waals surface area contributed by atoms with E-state index in [1.807, 2.05) is 42.5 Å². The normalized spacial score (nSPS) is 11.6. The monoisotopic (exact) mass is 733 g/mol. The van der Waals surface area contributed by atoms with Gasteiger partial charge in [0.1, 0.15) is 5.82 Å². The molecule has 0 saturated heterocycles. The highest BCUT2D eigenvalue weighted by Crippen LogP contribution is 2.40. The van der Waals surface area contributed by atoms with Crippen LogP contribution >= 0.6 is 0 Å². The molecule has 57 heavy (non-hydrogen) atoms. The summed E-state index contributed by atoms with van der Waals surface area (Å²) in [6.45, 7) is 0. The molecular formula is C51H32FN5. The van der Waals surface area contributed by atoms with Gasteiger partial charge in [0.15, 0.2) is 11.6 Å². The Labute approximate surface area is 327 Å². The molecule has 3 heterocycles. The lowest BCUT2D eigenvalue weighted by Crippen LogP contribution is -2.06. The molecule has 0 amide bonds. The molecule has 0 fully saturated rings. The number of fused-ring (bicyclic) bond motifs is 6. The Morgan fingerprint density at radius 1 is 0.316 bits per heavy atom. The molecule has 3 aromatic heterocycles. The van der Waals surface area contributed by atoms with E-state index in [1.165, 1.54) is 6.07 Å². The van der Waals surface area contributed by atoms with Crippen molar-refractivity contribution in [3.05, 3.63) is 200 Å². The van der Waals surface area contributed by atoms with Crippen molar-refractivity contribution in [3.8, 4) is 56.7 Å². The molecule has 0 radical (unpaired) electrons. The molecule has 0 bridgehead atoms. The van der Waals surface area contributed by atoms with Gasteiger partial charge in [-0.2, -0.15) is 9.97 Å². The number of para-hydroxylation sites is 2. The van der Waals surface area contributed by atoms with Crippen LogP contribution in [0.1, 0.15) is 0 Å². The second-order valence-electron chi connectivity index (χ2n) is 14.2. The summed E-state index contributed by atoms with van der Waals surface area (Å²) >= 11 is 0. The van der Waals surface area contributed by atoms with Gasteiger partial charge in [-0.15, -0.1) is 0 Å². The molecule has 0 atom stereocenters. The number of aromatic nitrogens is 5. The van der Waals surface area contributed by atoms with Crippen LogP contribution in [0.15, 0.2) is 194 Å². The van der Waals surface area contributed by atoms with Gasteiger partial charge in [-0.3, -0.25) is 4.57 Å². The molecule has 8 aromatic carbocycles. The largest absolute Gasteiger partial charge is 0.309 e. The molecule has 6 heteroatoms. The molecule has 0 unspecified atom stereocenters. The van der Waals surface area contributed by atoms with Gasteiger partial charge in [0, 0.05) is 38.4 Å². The zero-order valence-corrected chi connectivity index (χ0v) is 30.6. The van der Waals surface area contributed by atoms with Crippen LogP contribution in [0.3, 0.4) is 0 Å². The van der Waals surface area contributed by atoms with E-state index in [2.05, 4.69) is 143 Å². The standard InChI is InChI=1S/C51H32FN5/c52-39-20-12-18-37(30-39)34-25-27-40(28-26-34)56-45-23-9-7-21-41(45)43-32-48-44(31-47(43)56)42-22-8-10-24-46(42)57(48)51-54-49(35-15-5-2-6-16-35)53-50(55-51)38-19-11-17-36(29-38)33-13-3-1-4-14-33/h1-32H. The van der Waals surface area contributed by atoms with Crippen LogP contribution in [0.4, 0.5) is 4.39 Å². The van der Waals surface area contributed by atoms with Gasteiger partial charge < -0.3 is 4.57 Å². The quantitative estimate of drug-likeness (QED) is 0.171. The van der Waals surface area contributed by atoms with E-state index < -0.39 is 0 Å². The highest BCUT2D eigenvalue weighted by atomic mass is 19.1. The van der Waals surface area contributed by atoms with E-state index >= 15 is 0 Å². The smallest absolute Gasteiger partial charge is 0.238 e. The van der Waals surface area contributed by atoms with Crippen molar-refractivity contribution in [2.24, 2.45) is 0 Å². The number of rotatable bonds is 6. The molecule has 0 saturated carbocycles. The highest BCUT2D eigenvalue weighted by Gasteiger charge is 2.21. The van der Waals surface area contributed by atoms with Gasteiger partial charge in [-0.25, -0.2) is 9.37 Å². The number of nitrogens with zero attached hydrogens (tertiary/aromatic N) is 5. The minimum absolute atomic E-state index is 0.246. The maximum atomic E-state index is 14.1. The van der Waals surface area contributed by atoms with Crippen molar-refractivity contribution in [1.29, 1.82) is 0 Å². The van der Waals surface area contributed by atoms with Gasteiger partial charge in [0.25, 0.3) is 0 Å². The Hall–Kier alpha value is -7.70. The van der Waals surface area contributed by atoms with E-state index in [4.69, 9.17) is 15.0 Å². The first-order chi connectivity index (χ1) is 28.2. The fourth-order valence-electron chi connectivity index (χ4n) is 8.17. The van der Waals surface area contributed by atoms with Crippen LogP contribution in [-0.4, -0.2) is 24.1 Å². The predicted octanol–water partition coefficient (Wildman–Crippen LogP) is 12.9. The molecular weight excluding hydrogens is 702 g/mol. The van der Waals surface area contributed by atoms with Crippen LogP contribution in [0.5, 0.6) is 0 Å². The van der Waals surface area contributed by atoms with Crippen LogP contribution < -0.4 is 0 Å². The topological polar surface area (TPSA) is 48.5 Å². The Balaban J connectivity index is 1.15. The van der Waals surface area contributed by atoms with Crippen LogP contribution in [-0.2, 0) is 0 Å². The third-order valence-corrected chi connectivity index (χ3v) is 10.8. The summed E-state index contributed by atoms with van der Waals surface area (Å²) in [6, 6.07) is 65.5. The first-order valence-corrected chi connectivity index (χ1v) is 19.0. The van der Waals surface area contributed by atoms with Crippen LogP contribution in [0, 0.1) is 5.82 Å². The van der Waals surface area contributed by atoms with E-state index in [0.717, 1.165) is 82.7 Å². The molecule has 0 N–H and O–H groups in total. The zero-order valence-electron chi connectivity index (χ0n) is 30.6. The third-order valence-electron chi connectivity index (χ3n) is 10.8. The first-order valence-electron chi connectivity index (χ1n) is 19.0. The minimum Gasteiger partial charge on any atom is -0.309 e. The SMILES string of the molecule is Fc1cccc(-c2ccc(-n3c4ccccc4c4cc5c(cc43)c3ccccc3n5-c3nc(-c4ccccc4)nc(-c4cccc(-c5ccccc5)c4)n3)cc2)c1. The number of hydrogen-bond donors (Lipinski definition) is 0. The fourth-order valence-corrected chi connectivity index (χ4v) is 8.17. The summed E-state index contributed by atoms with van der Waals surface area (Å²) in [6.07, 6.45) is 0. The maximum Gasteiger partial charge on any atom is 0.238 e. The molecule has 0 aliphatic carbocycles. The summed E-state index contributed by atoms with van der Waals surface area (Å²) in [7, 11) is 0. The van der Waals surface area contributed by atoms with Gasteiger partial charge in [-0.05, 0) is 76.9 Å². The van der Waals surface area contributed by atoms with Crippen molar-refractivity contribution in [3.63, 3.8) is 0 Å². The third kappa shape index (κ3) is 5.57. The molecule has 0 aliphatic heterocycles. The van der Waals surface area contributed by atoms with Crippen molar-refractivity contribution in [1.82, 2.24) is 24.1 Å². The van der Waals surface area contributed by atoms with Gasteiger partial charge in [0.05, 0.1) is 22.1 Å². The van der Waals surface area contributed by atoms with Gasteiger partial charge in [0.2, 0.25) is 5.95 Å². The molecule has 268 valence electrons. The average molecular weight is 734 g/mol. The van der Waals surface area contributed by atoms with E-state index in [0.29, 0.717) is 17.6 Å². The Morgan fingerprint density at radius 2 is 0.807 bits per heavy atom. The number of benzene rings is 8. The summed E-state index contributed by atoms with van der Waals surface area (Å²) in [5.74, 6) is 1.50. The Kier molecular flexibility index (Phi) is 7.60. The van der Waals surface area contributed by atoms with Crippen molar-refractivity contribution in [2.45, 2.75) is 0 Å². The van der Waals surface area contributed by atoms with Crippen molar-refractivity contribution < 1.29 is 4.39 Å². The lowest BCUT2D eigenvalue weighted by molar-refractivity contribution is 0.628. The molecule has 0 aliphatic rings. The summed E-state index contributed by atoms with van der Waals surface area (Å²) in [4.78, 5) is 15.5. The lowest BCUT2D eigenvalue weighted by atomic mass is 10.0. The molecule has 5 nitrogen and oxygen atoms in total. The summed E-state index contributed by atoms with van der Waals surface area (Å²) in [5.41, 5.74) is 11.1. The van der Waals surface area contributed by atoms with Gasteiger partial charge in [-0.1, -0.05) is 140 Å². The number of hydrogen-bond acceptors (Lipinski definition) is 3. The van der Waals surface area contributed by atoms with Crippen molar-refractivity contribution >= 4 is 43.6 Å². The van der Waals surface area contributed by atoms with E-state index in [9.17, 15) is 4.39 Å². The Morgan fingerprint density at radius 3 is 1.47 bits per heavy atom. The fraction of sp³-hybridized carbons (Fsp3) is 0. The number of halogens is 1. The average Bonchev–Trinajstić information content (AvgIpc) is 3.78. The van der Waals surface area contributed by atoms with Crippen LogP contribution in [0.2, 0.25) is 0 Å².